The van der Waals surface area contributed by atoms with Gasteiger partial charge in [0.05, 0.1) is 0 Å². The van der Waals surface area contributed by atoms with Gasteiger partial charge in [0.15, 0.2) is 0 Å². The highest BCUT2D eigenvalue weighted by Crippen LogP contribution is 2.32. The fourth-order valence-electron chi connectivity index (χ4n) is 3.24. The van der Waals surface area contributed by atoms with Crippen LogP contribution >= 0.6 is 0 Å². The molecule has 1 atom stereocenters. The third kappa shape index (κ3) is 5.03. The number of hydrogen-bond donors (Lipinski definition) is 1. The van der Waals surface area contributed by atoms with Gasteiger partial charge in [-0.1, -0.05) is 18.2 Å². The summed E-state index contributed by atoms with van der Waals surface area (Å²) in [6, 6.07) is 8.78. The largest absolute Gasteiger partial charge is 0.451 e. The number of nitrogens with zero attached hydrogens (tertiary/aromatic N) is 2. The number of benzene rings is 1. The van der Waals surface area contributed by atoms with E-state index in [2.05, 4.69) is 15.3 Å². The Morgan fingerprint density at radius 1 is 1.15 bits per heavy atom. The number of alkyl halides is 3. The van der Waals surface area contributed by atoms with Crippen LogP contribution in [-0.4, -0.2) is 35.6 Å². The molecule has 5 nitrogen and oxygen atoms in total. The van der Waals surface area contributed by atoms with Crippen LogP contribution in [0, 0.1) is 5.92 Å². The Morgan fingerprint density at radius 2 is 1.78 bits per heavy atom. The van der Waals surface area contributed by atoms with Crippen molar-refractivity contribution in [3.63, 3.8) is 0 Å². The number of ether oxygens (including phenoxy) is 1. The van der Waals surface area contributed by atoms with Gasteiger partial charge in [-0.05, 0) is 36.5 Å². The Bertz CT molecular complexity index is 745. The molecular formula is C19H20F3N3O2. The number of aromatic nitrogens is 2. The maximum Gasteiger partial charge on any atom is 0.451 e. The van der Waals surface area contributed by atoms with E-state index in [9.17, 15) is 18.0 Å². The van der Waals surface area contributed by atoms with E-state index >= 15 is 0 Å². The second-order valence-electron chi connectivity index (χ2n) is 6.47. The van der Waals surface area contributed by atoms with Gasteiger partial charge in [-0.15, -0.1) is 0 Å². The standard InChI is InChI=1S/C19H20F3N3O2/c20-19(21,22)18-24-10-15(11-25-18)16(13-6-8-27-9-7-13)12-23-17(26)14-4-2-1-3-5-14/h1-5,10-11,13,16H,6-9,12H2,(H,23,26). The van der Waals surface area contributed by atoms with E-state index in [1.807, 2.05) is 6.07 Å². The molecule has 1 amide bonds. The van der Waals surface area contributed by atoms with Crippen LogP contribution in [0.4, 0.5) is 13.2 Å². The molecule has 0 spiro atoms. The maximum atomic E-state index is 12.7. The van der Waals surface area contributed by atoms with E-state index in [0.29, 0.717) is 30.9 Å². The average Bonchev–Trinajstić information content (AvgIpc) is 2.69. The molecule has 0 aliphatic carbocycles. The number of carbonyl (C=O) groups is 1. The van der Waals surface area contributed by atoms with Crippen molar-refractivity contribution < 1.29 is 22.7 Å². The second-order valence-corrected chi connectivity index (χ2v) is 6.47. The Balaban J connectivity index is 1.75. The summed E-state index contributed by atoms with van der Waals surface area (Å²) in [5.41, 5.74) is 1.12. The Morgan fingerprint density at radius 3 is 2.37 bits per heavy atom. The lowest BCUT2D eigenvalue weighted by Gasteiger charge is -2.30. The monoisotopic (exact) mass is 379 g/mol. The lowest BCUT2D eigenvalue weighted by atomic mass is 9.82. The van der Waals surface area contributed by atoms with Gasteiger partial charge >= 0.3 is 6.18 Å². The molecule has 1 unspecified atom stereocenters. The Kier molecular flexibility index (Phi) is 6.05. The molecule has 1 aromatic heterocycles. The molecule has 1 fully saturated rings. The number of amides is 1. The van der Waals surface area contributed by atoms with Crippen LogP contribution in [-0.2, 0) is 10.9 Å². The first-order chi connectivity index (χ1) is 12.9. The van der Waals surface area contributed by atoms with E-state index in [1.165, 1.54) is 12.4 Å². The lowest BCUT2D eigenvalue weighted by Crippen LogP contribution is -2.34. The SMILES string of the molecule is O=C(NCC(c1cnc(C(F)(F)F)nc1)C1CCOCC1)c1ccccc1. The highest BCUT2D eigenvalue weighted by molar-refractivity contribution is 5.94. The first-order valence-electron chi connectivity index (χ1n) is 8.75. The van der Waals surface area contributed by atoms with Crippen LogP contribution in [0.1, 0.15) is 40.5 Å². The van der Waals surface area contributed by atoms with Crippen molar-refractivity contribution in [2.24, 2.45) is 5.92 Å². The predicted octanol–water partition coefficient (Wildman–Crippen LogP) is 3.44. The van der Waals surface area contributed by atoms with Crippen LogP contribution in [0.25, 0.3) is 0 Å². The zero-order valence-electron chi connectivity index (χ0n) is 14.6. The van der Waals surface area contributed by atoms with Crippen LogP contribution in [0.5, 0.6) is 0 Å². The molecule has 1 aromatic carbocycles. The maximum absolute atomic E-state index is 12.7. The van der Waals surface area contributed by atoms with Gasteiger partial charge < -0.3 is 10.1 Å². The minimum Gasteiger partial charge on any atom is -0.381 e. The molecular weight excluding hydrogens is 359 g/mol. The number of halogens is 3. The van der Waals surface area contributed by atoms with E-state index in [4.69, 9.17) is 4.74 Å². The zero-order chi connectivity index (χ0) is 19.3. The van der Waals surface area contributed by atoms with Crippen molar-refractivity contribution in [2.45, 2.75) is 24.9 Å². The molecule has 27 heavy (non-hydrogen) atoms. The lowest BCUT2D eigenvalue weighted by molar-refractivity contribution is -0.145. The second kappa shape index (κ2) is 8.47. The number of nitrogens with one attached hydrogen (secondary N) is 1. The minimum atomic E-state index is -4.58. The average molecular weight is 379 g/mol. The van der Waals surface area contributed by atoms with Gasteiger partial charge in [-0.2, -0.15) is 13.2 Å². The highest BCUT2D eigenvalue weighted by Gasteiger charge is 2.35. The van der Waals surface area contributed by atoms with Crippen molar-refractivity contribution in [3.05, 3.63) is 59.7 Å². The fourth-order valence-corrected chi connectivity index (χ4v) is 3.24. The quantitative estimate of drug-likeness (QED) is 0.865. The summed E-state index contributed by atoms with van der Waals surface area (Å²) in [6.45, 7) is 1.48. The van der Waals surface area contributed by atoms with E-state index in [1.54, 1.807) is 24.3 Å². The van der Waals surface area contributed by atoms with Crippen molar-refractivity contribution in [1.82, 2.24) is 15.3 Å². The van der Waals surface area contributed by atoms with E-state index in [0.717, 1.165) is 12.8 Å². The molecule has 0 bridgehead atoms. The molecule has 2 aromatic rings. The molecule has 8 heteroatoms. The van der Waals surface area contributed by atoms with Gasteiger partial charge in [-0.25, -0.2) is 9.97 Å². The summed E-state index contributed by atoms with van der Waals surface area (Å²) in [7, 11) is 0. The van der Waals surface area contributed by atoms with Crippen molar-refractivity contribution in [2.75, 3.05) is 19.8 Å². The molecule has 3 rings (SSSR count). The van der Waals surface area contributed by atoms with Crippen LogP contribution in [0.2, 0.25) is 0 Å². The van der Waals surface area contributed by atoms with Gasteiger partial charge in [0.1, 0.15) is 0 Å². The van der Waals surface area contributed by atoms with Crippen LogP contribution in [0.3, 0.4) is 0 Å². The molecule has 1 N–H and O–H groups in total. The number of hydrogen-bond acceptors (Lipinski definition) is 4. The minimum absolute atomic E-state index is 0.176. The number of carbonyl (C=O) groups excluding carboxylic acids is 1. The zero-order valence-corrected chi connectivity index (χ0v) is 14.6. The molecule has 144 valence electrons. The fraction of sp³-hybridized carbons (Fsp3) is 0.421. The van der Waals surface area contributed by atoms with E-state index < -0.39 is 12.0 Å². The summed E-state index contributed by atoms with van der Waals surface area (Å²) in [4.78, 5) is 19.3. The van der Waals surface area contributed by atoms with Gasteiger partial charge in [0, 0.05) is 43.6 Å². The summed E-state index contributed by atoms with van der Waals surface area (Å²) in [6.07, 6.45) is -0.608. The normalized spacial score (nSPS) is 16.7. The van der Waals surface area contributed by atoms with Crippen LogP contribution < -0.4 is 5.32 Å². The van der Waals surface area contributed by atoms with E-state index in [-0.39, 0.29) is 17.7 Å². The third-order valence-corrected chi connectivity index (χ3v) is 4.71. The van der Waals surface area contributed by atoms with Crippen molar-refractivity contribution in [3.8, 4) is 0 Å². The molecule has 1 saturated heterocycles. The summed E-state index contributed by atoms with van der Waals surface area (Å²) in [5.74, 6) is -1.38. The molecule has 1 aliphatic heterocycles. The predicted molar refractivity (Wildman–Crippen MR) is 92.1 cm³/mol. The molecule has 0 saturated carbocycles. The smallest absolute Gasteiger partial charge is 0.381 e. The van der Waals surface area contributed by atoms with Gasteiger partial charge in [0.2, 0.25) is 5.82 Å². The number of rotatable bonds is 5. The first-order valence-corrected chi connectivity index (χ1v) is 8.75. The first kappa shape index (κ1) is 19.3. The topological polar surface area (TPSA) is 64.1 Å². The van der Waals surface area contributed by atoms with Gasteiger partial charge in [-0.3, -0.25) is 4.79 Å². The Labute approximate surface area is 155 Å². The van der Waals surface area contributed by atoms with Crippen molar-refractivity contribution in [1.29, 1.82) is 0 Å². The Hall–Kier alpha value is -2.48. The summed E-state index contributed by atoms with van der Waals surface area (Å²) < 4.78 is 43.5. The molecule has 1 aliphatic rings. The van der Waals surface area contributed by atoms with Gasteiger partial charge in [0.25, 0.3) is 5.91 Å². The van der Waals surface area contributed by atoms with Crippen molar-refractivity contribution >= 4 is 5.91 Å². The molecule has 0 radical (unpaired) electrons. The highest BCUT2D eigenvalue weighted by atomic mass is 19.4. The summed E-state index contributed by atoms with van der Waals surface area (Å²) >= 11 is 0. The molecule has 2 heterocycles. The van der Waals surface area contributed by atoms with Crippen LogP contribution in [0.15, 0.2) is 42.7 Å². The third-order valence-electron chi connectivity index (χ3n) is 4.71. The summed E-state index contributed by atoms with van der Waals surface area (Å²) in [5, 5.41) is 2.88.